The van der Waals surface area contributed by atoms with Crippen molar-refractivity contribution in [2.45, 2.75) is 38.8 Å². The van der Waals surface area contributed by atoms with E-state index in [0.717, 1.165) is 50.3 Å². The second-order valence-corrected chi connectivity index (χ2v) is 9.67. The quantitative estimate of drug-likeness (QED) is 0.758. The zero-order valence-electron chi connectivity index (χ0n) is 15.8. The van der Waals surface area contributed by atoms with Crippen LogP contribution in [0.3, 0.4) is 0 Å². The second kappa shape index (κ2) is 7.64. The number of aryl methyl sites for hydroxylation is 2. The van der Waals surface area contributed by atoms with Gasteiger partial charge in [-0.05, 0) is 43.5 Å². The number of hydrogen-bond acceptors (Lipinski definition) is 5. The summed E-state index contributed by atoms with van der Waals surface area (Å²) in [5, 5.41) is 4.34. The van der Waals surface area contributed by atoms with Crippen LogP contribution in [0.2, 0.25) is 0 Å². The highest BCUT2D eigenvalue weighted by Crippen LogP contribution is 2.28. The highest BCUT2D eigenvalue weighted by Gasteiger charge is 2.32. The Kier molecular flexibility index (Phi) is 5.23. The SMILES string of the molecule is CCn1cc(C2CS(=O)(=O)CCN2CCCc2ccc3c(c2)CCO3)cn1. The molecule has 0 aliphatic carbocycles. The van der Waals surface area contributed by atoms with Gasteiger partial charge in [0.05, 0.1) is 30.4 Å². The monoisotopic (exact) mass is 389 g/mol. The van der Waals surface area contributed by atoms with E-state index in [1.165, 1.54) is 11.1 Å². The van der Waals surface area contributed by atoms with Crippen LogP contribution < -0.4 is 4.74 Å². The number of aromatic nitrogens is 2. The maximum absolute atomic E-state index is 12.2. The lowest BCUT2D eigenvalue weighted by Gasteiger charge is -2.35. The van der Waals surface area contributed by atoms with Gasteiger partial charge in [0.25, 0.3) is 0 Å². The first-order valence-corrected chi connectivity index (χ1v) is 11.6. The number of fused-ring (bicyclic) bond motifs is 1. The summed E-state index contributed by atoms with van der Waals surface area (Å²) >= 11 is 0. The van der Waals surface area contributed by atoms with Gasteiger partial charge in [-0.2, -0.15) is 5.10 Å². The molecule has 0 N–H and O–H groups in total. The first-order valence-electron chi connectivity index (χ1n) is 9.75. The van der Waals surface area contributed by atoms with E-state index in [2.05, 4.69) is 28.2 Å². The molecule has 2 aliphatic rings. The highest BCUT2D eigenvalue weighted by molar-refractivity contribution is 7.91. The van der Waals surface area contributed by atoms with Crippen LogP contribution in [0.4, 0.5) is 0 Å². The number of rotatable bonds is 6. The Bertz CT molecular complexity index is 907. The van der Waals surface area contributed by atoms with Crippen LogP contribution in [0.15, 0.2) is 30.6 Å². The van der Waals surface area contributed by atoms with Crippen molar-refractivity contribution in [3.8, 4) is 5.75 Å². The van der Waals surface area contributed by atoms with Gasteiger partial charge in [0.2, 0.25) is 0 Å². The van der Waals surface area contributed by atoms with Crippen molar-refractivity contribution >= 4 is 9.84 Å². The summed E-state index contributed by atoms with van der Waals surface area (Å²) in [7, 11) is -2.99. The van der Waals surface area contributed by atoms with Crippen molar-refractivity contribution in [2.24, 2.45) is 0 Å². The predicted molar refractivity (Wildman–Crippen MR) is 105 cm³/mol. The summed E-state index contributed by atoms with van der Waals surface area (Å²) in [5.41, 5.74) is 3.65. The van der Waals surface area contributed by atoms with Crippen molar-refractivity contribution in [1.29, 1.82) is 0 Å². The van der Waals surface area contributed by atoms with Gasteiger partial charge in [-0.1, -0.05) is 12.1 Å². The number of nitrogens with zero attached hydrogens (tertiary/aromatic N) is 3. The maximum Gasteiger partial charge on any atom is 0.153 e. The molecule has 7 heteroatoms. The molecule has 1 aromatic carbocycles. The standard InChI is InChI=1S/C20H27N3O3S/c1-2-23-14-18(13-21-23)19-15-27(24,25)11-9-22(19)8-3-4-16-5-6-20-17(12-16)7-10-26-20/h5-6,12-14,19H,2-4,7-11,15H2,1H3. The summed E-state index contributed by atoms with van der Waals surface area (Å²) in [6.07, 6.45) is 6.81. The van der Waals surface area contributed by atoms with Crippen LogP contribution in [-0.2, 0) is 29.2 Å². The minimum atomic E-state index is -2.99. The van der Waals surface area contributed by atoms with E-state index in [9.17, 15) is 8.42 Å². The molecule has 3 heterocycles. The normalized spacial score (nSPS) is 21.7. The number of hydrogen-bond donors (Lipinski definition) is 0. The first kappa shape index (κ1) is 18.5. The Labute approximate surface area is 161 Å². The first-order chi connectivity index (χ1) is 13.0. The lowest BCUT2D eigenvalue weighted by atomic mass is 10.0. The molecule has 2 aromatic rings. The molecule has 0 spiro atoms. The lowest BCUT2D eigenvalue weighted by Crippen LogP contribution is -2.43. The van der Waals surface area contributed by atoms with Crippen molar-refractivity contribution in [1.82, 2.24) is 14.7 Å². The average Bonchev–Trinajstić information content (AvgIpc) is 3.31. The molecule has 1 fully saturated rings. The van der Waals surface area contributed by atoms with Gasteiger partial charge in [-0.25, -0.2) is 8.42 Å². The molecule has 0 saturated carbocycles. The van der Waals surface area contributed by atoms with Crippen LogP contribution in [0.5, 0.6) is 5.75 Å². The van der Waals surface area contributed by atoms with E-state index < -0.39 is 9.84 Å². The van der Waals surface area contributed by atoms with Crippen molar-refractivity contribution in [2.75, 3.05) is 31.2 Å². The molecule has 27 heavy (non-hydrogen) atoms. The zero-order chi connectivity index (χ0) is 18.9. The summed E-state index contributed by atoms with van der Waals surface area (Å²) in [4.78, 5) is 2.31. The van der Waals surface area contributed by atoms with Crippen molar-refractivity contribution in [3.63, 3.8) is 0 Å². The van der Waals surface area contributed by atoms with Gasteiger partial charge in [0, 0.05) is 31.3 Å². The predicted octanol–water partition coefficient (Wildman–Crippen LogP) is 2.24. The Morgan fingerprint density at radius 2 is 2.22 bits per heavy atom. The molecule has 2 aliphatic heterocycles. The third-order valence-electron chi connectivity index (χ3n) is 5.57. The third-order valence-corrected chi connectivity index (χ3v) is 7.20. The number of benzene rings is 1. The third kappa shape index (κ3) is 4.19. The largest absolute Gasteiger partial charge is 0.493 e. The Balaban J connectivity index is 1.41. The molecule has 1 unspecified atom stereocenters. The summed E-state index contributed by atoms with van der Waals surface area (Å²) in [6.45, 7) is 5.11. The van der Waals surface area contributed by atoms with Gasteiger partial charge < -0.3 is 4.74 Å². The topological polar surface area (TPSA) is 64.4 Å². The summed E-state index contributed by atoms with van der Waals surface area (Å²) in [5.74, 6) is 1.47. The summed E-state index contributed by atoms with van der Waals surface area (Å²) < 4.78 is 31.8. The van der Waals surface area contributed by atoms with E-state index in [1.807, 2.05) is 24.0 Å². The Morgan fingerprint density at radius 1 is 1.33 bits per heavy atom. The van der Waals surface area contributed by atoms with Crippen LogP contribution in [0.25, 0.3) is 0 Å². The number of sulfone groups is 1. The molecule has 0 amide bonds. The van der Waals surface area contributed by atoms with Crippen molar-refractivity contribution < 1.29 is 13.2 Å². The molecule has 1 saturated heterocycles. The molecular formula is C20H27N3O3S. The van der Waals surface area contributed by atoms with Gasteiger partial charge in [-0.3, -0.25) is 9.58 Å². The lowest BCUT2D eigenvalue weighted by molar-refractivity contribution is 0.212. The molecule has 0 radical (unpaired) electrons. The average molecular weight is 390 g/mol. The van der Waals surface area contributed by atoms with Gasteiger partial charge >= 0.3 is 0 Å². The minimum Gasteiger partial charge on any atom is -0.493 e. The van der Waals surface area contributed by atoms with Crippen LogP contribution in [0.1, 0.15) is 36.1 Å². The molecule has 146 valence electrons. The summed E-state index contributed by atoms with van der Waals surface area (Å²) in [6, 6.07) is 6.39. The van der Waals surface area contributed by atoms with Gasteiger partial charge in [0.15, 0.2) is 9.84 Å². The van der Waals surface area contributed by atoms with Crippen LogP contribution >= 0.6 is 0 Å². The van der Waals surface area contributed by atoms with Crippen LogP contribution in [-0.4, -0.2) is 54.3 Å². The molecule has 4 rings (SSSR count). The van der Waals surface area contributed by atoms with E-state index >= 15 is 0 Å². The van der Waals surface area contributed by atoms with E-state index in [0.29, 0.717) is 6.54 Å². The minimum absolute atomic E-state index is 0.0857. The van der Waals surface area contributed by atoms with E-state index in [-0.39, 0.29) is 17.5 Å². The second-order valence-electron chi connectivity index (χ2n) is 7.44. The zero-order valence-corrected chi connectivity index (χ0v) is 16.6. The molecular weight excluding hydrogens is 362 g/mol. The van der Waals surface area contributed by atoms with Gasteiger partial charge in [-0.15, -0.1) is 0 Å². The van der Waals surface area contributed by atoms with E-state index in [4.69, 9.17) is 4.74 Å². The van der Waals surface area contributed by atoms with Crippen LogP contribution in [0, 0.1) is 0 Å². The maximum atomic E-state index is 12.2. The smallest absolute Gasteiger partial charge is 0.153 e. The number of ether oxygens (including phenoxy) is 1. The Morgan fingerprint density at radius 3 is 3.04 bits per heavy atom. The fraction of sp³-hybridized carbons (Fsp3) is 0.550. The Hall–Kier alpha value is -1.86. The molecule has 1 aromatic heterocycles. The van der Waals surface area contributed by atoms with Gasteiger partial charge in [0.1, 0.15) is 5.75 Å². The fourth-order valence-electron chi connectivity index (χ4n) is 4.02. The highest BCUT2D eigenvalue weighted by atomic mass is 32.2. The molecule has 1 atom stereocenters. The van der Waals surface area contributed by atoms with Crippen molar-refractivity contribution in [3.05, 3.63) is 47.3 Å². The molecule has 0 bridgehead atoms. The fourth-order valence-corrected chi connectivity index (χ4v) is 5.59. The van der Waals surface area contributed by atoms with E-state index in [1.54, 1.807) is 0 Å². The molecule has 6 nitrogen and oxygen atoms in total.